The van der Waals surface area contributed by atoms with Crippen molar-refractivity contribution in [3.8, 4) is 44.5 Å². The minimum absolute atomic E-state index is 0.131. The van der Waals surface area contributed by atoms with Gasteiger partial charge in [0.15, 0.2) is 0 Å². The highest BCUT2D eigenvalue weighted by molar-refractivity contribution is 6.93. The first-order valence-corrected chi connectivity index (χ1v) is 19.2. The van der Waals surface area contributed by atoms with Crippen LogP contribution in [0.4, 0.5) is 22.7 Å². The maximum atomic E-state index is 2.59. The molecule has 0 saturated heterocycles. The largest absolute Gasteiger partial charge is 0.376 e. The molecule has 0 bridgehead atoms. The van der Waals surface area contributed by atoms with E-state index in [1.165, 1.54) is 100 Å². The molecule has 0 N–H and O–H groups in total. The Kier molecular flexibility index (Phi) is 6.39. The molecule has 4 heterocycles. The van der Waals surface area contributed by atoms with Crippen LogP contribution < -0.4 is 31.5 Å². The lowest BCUT2D eigenvalue weighted by molar-refractivity contribution is 0.961. The van der Waals surface area contributed by atoms with E-state index in [0.717, 1.165) is 12.8 Å². The molecule has 0 radical (unpaired) electrons. The Hall–Kier alpha value is -6.51. The summed E-state index contributed by atoms with van der Waals surface area (Å²) < 4.78 is 0. The van der Waals surface area contributed by atoms with Gasteiger partial charge in [0.25, 0.3) is 0 Å². The number of aryl methyl sites for hydroxylation is 2. The molecule has 250 valence electrons. The van der Waals surface area contributed by atoms with Crippen molar-refractivity contribution in [1.82, 2.24) is 0 Å². The molecule has 0 fully saturated rings. The molecule has 0 spiro atoms. The molecule has 0 atom stereocenters. The highest BCUT2D eigenvalue weighted by Crippen LogP contribution is 2.47. The van der Waals surface area contributed by atoms with Crippen LogP contribution in [-0.4, -0.2) is 13.7 Å². The quantitative estimate of drug-likeness (QED) is 0.171. The molecule has 0 aliphatic carbocycles. The number of nitrogens with zero attached hydrogens (tertiary/aromatic N) is 2. The van der Waals surface area contributed by atoms with Crippen molar-refractivity contribution in [3.05, 3.63) is 193 Å². The van der Waals surface area contributed by atoms with Gasteiger partial charge in [0.2, 0.25) is 0 Å². The van der Waals surface area contributed by atoms with Gasteiger partial charge in [0.1, 0.15) is 0 Å². The molecular weight excluding hydrogens is 650 g/mol. The summed E-state index contributed by atoms with van der Waals surface area (Å²) in [7, 11) is 0. The van der Waals surface area contributed by atoms with Crippen LogP contribution in [-0.2, 0) is 12.8 Å². The maximum absolute atomic E-state index is 2.59. The van der Waals surface area contributed by atoms with Crippen molar-refractivity contribution < 1.29 is 0 Å². The van der Waals surface area contributed by atoms with Gasteiger partial charge in [0, 0.05) is 45.0 Å². The summed E-state index contributed by atoms with van der Waals surface area (Å²) in [5.41, 5.74) is 24.0. The fourth-order valence-electron chi connectivity index (χ4n) is 10.1. The summed E-state index contributed by atoms with van der Waals surface area (Å²) in [6.07, 6.45) is 1.96. The fraction of sp³-hybridized carbons (Fsp3) is 0.0400. The minimum atomic E-state index is 0.131. The van der Waals surface area contributed by atoms with Gasteiger partial charge in [0.05, 0.1) is 0 Å². The van der Waals surface area contributed by atoms with Crippen LogP contribution in [0, 0.1) is 0 Å². The molecule has 8 aromatic rings. The number of rotatable bonds is 3. The van der Waals surface area contributed by atoms with Gasteiger partial charge in [-0.2, -0.15) is 0 Å². The van der Waals surface area contributed by atoms with Gasteiger partial charge in [-0.3, -0.25) is 0 Å². The zero-order valence-electron chi connectivity index (χ0n) is 29.8. The van der Waals surface area contributed by atoms with Gasteiger partial charge in [-0.25, -0.2) is 0 Å². The van der Waals surface area contributed by atoms with Crippen LogP contribution in [0.5, 0.6) is 0 Å². The summed E-state index contributed by atoms with van der Waals surface area (Å²) in [6.45, 7) is 0.274. The Labute approximate surface area is 317 Å². The molecular formula is C50H34B2N2. The second-order valence-electron chi connectivity index (χ2n) is 15.1. The van der Waals surface area contributed by atoms with Gasteiger partial charge in [-0.1, -0.05) is 152 Å². The number of anilines is 4. The van der Waals surface area contributed by atoms with Gasteiger partial charge >= 0.3 is 13.7 Å². The molecule has 0 saturated carbocycles. The van der Waals surface area contributed by atoms with Crippen molar-refractivity contribution >= 4 is 58.3 Å². The van der Waals surface area contributed by atoms with Crippen molar-refractivity contribution in [2.45, 2.75) is 12.8 Å². The van der Waals surface area contributed by atoms with Crippen molar-refractivity contribution in [1.29, 1.82) is 0 Å². The van der Waals surface area contributed by atoms with Crippen molar-refractivity contribution in [2.24, 2.45) is 0 Å². The minimum Gasteiger partial charge on any atom is -0.376 e. The normalized spacial score (nSPS) is 13.6. The topological polar surface area (TPSA) is 6.48 Å². The summed E-state index contributed by atoms with van der Waals surface area (Å²) >= 11 is 0. The lowest BCUT2D eigenvalue weighted by Crippen LogP contribution is -2.59. The van der Waals surface area contributed by atoms with Crippen molar-refractivity contribution in [2.75, 3.05) is 9.62 Å². The average Bonchev–Trinajstić information content (AvgIpc) is 3.25. The van der Waals surface area contributed by atoms with Gasteiger partial charge in [-0.15, -0.1) is 0 Å². The predicted molar refractivity (Wildman–Crippen MR) is 229 cm³/mol. The van der Waals surface area contributed by atoms with E-state index in [-0.39, 0.29) is 13.7 Å². The van der Waals surface area contributed by atoms with E-state index in [1.54, 1.807) is 0 Å². The SMILES string of the molecule is c1ccc2c(c1)B1c3ccc(CCc4ccc5c(c4)-c4ccccc4B4c6ccccc6-c6ccccc6N45)cc3-c3ccccc3N1c1ccccc1-2. The van der Waals surface area contributed by atoms with E-state index in [9.17, 15) is 0 Å². The monoisotopic (exact) mass is 684 g/mol. The molecule has 12 rings (SSSR count). The van der Waals surface area contributed by atoms with Crippen LogP contribution >= 0.6 is 0 Å². The summed E-state index contributed by atoms with van der Waals surface area (Å²) in [5.74, 6) is 0. The maximum Gasteiger partial charge on any atom is 0.329 e. The number of hydrogen-bond acceptors (Lipinski definition) is 2. The molecule has 54 heavy (non-hydrogen) atoms. The number of hydrogen-bond donors (Lipinski definition) is 0. The number of fused-ring (bicyclic) bond motifs is 22. The van der Waals surface area contributed by atoms with E-state index in [0.29, 0.717) is 0 Å². The smallest absolute Gasteiger partial charge is 0.329 e. The Morgan fingerprint density at radius 2 is 0.611 bits per heavy atom. The van der Waals surface area contributed by atoms with Crippen LogP contribution in [0.3, 0.4) is 0 Å². The first kappa shape index (κ1) is 30.0. The third kappa shape index (κ3) is 4.20. The fourth-order valence-corrected chi connectivity index (χ4v) is 10.1. The molecule has 0 unspecified atom stereocenters. The van der Waals surface area contributed by atoms with E-state index in [2.05, 4.69) is 192 Å². The molecule has 0 amide bonds. The number of para-hydroxylation sites is 3. The molecule has 8 aromatic carbocycles. The van der Waals surface area contributed by atoms with Gasteiger partial charge < -0.3 is 9.62 Å². The van der Waals surface area contributed by atoms with Crippen LogP contribution in [0.1, 0.15) is 11.1 Å². The average molecular weight is 684 g/mol. The summed E-state index contributed by atoms with van der Waals surface area (Å²) in [5, 5.41) is 0. The Morgan fingerprint density at radius 3 is 1.11 bits per heavy atom. The van der Waals surface area contributed by atoms with Crippen LogP contribution in [0.2, 0.25) is 0 Å². The zero-order valence-corrected chi connectivity index (χ0v) is 29.8. The Balaban J connectivity index is 0.924. The van der Waals surface area contributed by atoms with Crippen molar-refractivity contribution in [3.63, 3.8) is 0 Å². The van der Waals surface area contributed by atoms with E-state index in [1.807, 2.05) is 0 Å². The van der Waals surface area contributed by atoms with E-state index < -0.39 is 0 Å². The predicted octanol–water partition coefficient (Wildman–Crippen LogP) is 9.28. The third-order valence-corrected chi connectivity index (χ3v) is 12.4. The first-order chi connectivity index (χ1) is 26.8. The second kappa shape index (κ2) is 11.5. The molecule has 4 aliphatic heterocycles. The lowest BCUT2D eigenvalue weighted by Gasteiger charge is -2.43. The first-order valence-electron chi connectivity index (χ1n) is 19.2. The highest BCUT2D eigenvalue weighted by Gasteiger charge is 2.43. The van der Waals surface area contributed by atoms with Gasteiger partial charge in [-0.05, 0) is 98.4 Å². The molecule has 4 aliphatic rings. The standard InChI is InChI=1S/C50H34B2N2/c1-7-19-43-35(13-1)39-17-5-11-23-48(39)54-50-30-28-34(32-42(50)37-15-3-9-21-45(37)51(43)54)26-25-33-27-29-46-41(31-33)40-18-6-12-24-49(40)53-47-22-10-4-16-38(47)36-14-2-8-20-44(36)52(46)53/h1-24,27-32H,25-26H2. The Bertz CT molecular complexity index is 2650. The van der Waals surface area contributed by atoms with E-state index in [4.69, 9.17) is 0 Å². The number of benzene rings is 8. The molecule has 2 nitrogen and oxygen atoms in total. The van der Waals surface area contributed by atoms with E-state index >= 15 is 0 Å². The lowest BCUT2D eigenvalue weighted by atomic mass is 9.43. The summed E-state index contributed by atoms with van der Waals surface area (Å²) in [6, 6.07) is 68.3. The third-order valence-electron chi connectivity index (χ3n) is 12.4. The summed E-state index contributed by atoms with van der Waals surface area (Å²) in [4.78, 5) is 5.16. The second-order valence-corrected chi connectivity index (χ2v) is 15.1. The van der Waals surface area contributed by atoms with Crippen LogP contribution in [0.15, 0.2) is 182 Å². The van der Waals surface area contributed by atoms with Crippen LogP contribution in [0.25, 0.3) is 44.5 Å². The molecule has 4 heteroatoms. The Morgan fingerprint density at radius 1 is 0.278 bits per heavy atom. The molecule has 0 aromatic heterocycles. The highest BCUT2D eigenvalue weighted by atomic mass is 15.1. The zero-order chi connectivity index (χ0) is 35.3.